The fourth-order valence-electron chi connectivity index (χ4n) is 2.31. The van der Waals surface area contributed by atoms with Crippen molar-refractivity contribution >= 4 is 17.5 Å². The highest BCUT2D eigenvalue weighted by atomic mass is 35.5. The van der Waals surface area contributed by atoms with Gasteiger partial charge in [0.25, 0.3) is 0 Å². The van der Waals surface area contributed by atoms with Crippen LogP contribution in [0, 0.1) is 5.82 Å². The predicted molar refractivity (Wildman–Crippen MR) is 87.3 cm³/mol. The van der Waals surface area contributed by atoms with Gasteiger partial charge >= 0.3 is 0 Å². The first-order valence-corrected chi connectivity index (χ1v) is 7.52. The molecular formula is C18H19ClFNO. The van der Waals surface area contributed by atoms with Gasteiger partial charge in [0.2, 0.25) is 5.91 Å². The van der Waals surface area contributed by atoms with E-state index in [2.05, 4.69) is 5.32 Å². The van der Waals surface area contributed by atoms with Crippen LogP contribution in [0.1, 0.15) is 31.4 Å². The van der Waals surface area contributed by atoms with Crippen molar-refractivity contribution in [3.63, 3.8) is 0 Å². The Balaban J connectivity index is 1.94. The average molecular weight is 320 g/mol. The van der Waals surface area contributed by atoms with E-state index in [-0.39, 0.29) is 16.3 Å². The molecular weight excluding hydrogens is 301 g/mol. The van der Waals surface area contributed by atoms with Crippen molar-refractivity contribution in [2.75, 3.05) is 0 Å². The third-order valence-electron chi connectivity index (χ3n) is 3.63. The summed E-state index contributed by atoms with van der Waals surface area (Å²) in [5.41, 5.74) is 1.65. The molecule has 116 valence electrons. The largest absolute Gasteiger partial charge is 0.352 e. The molecule has 4 heteroatoms. The van der Waals surface area contributed by atoms with E-state index in [1.807, 2.05) is 44.2 Å². The summed E-state index contributed by atoms with van der Waals surface area (Å²) in [6, 6.07) is 14.4. The predicted octanol–water partition coefficient (Wildman–Crippen LogP) is 4.46. The summed E-state index contributed by atoms with van der Waals surface area (Å²) in [6.45, 7) is 4.41. The van der Waals surface area contributed by atoms with Crippen molar-refractivity contribution in [1.82, 2.24) is 5.32 Å². The fraction of sp³-hybridized carbons (Fsp3) is 0.278. The minimum absolute atomic E-state index is 0.0469. The average Bonchev–Trinajstić information content (AvgIpc) is 2.49. The molecule has 0 atom stereocenters. The number of hydrogen-bond acceptors (Lipinski definition) is 1. The van der Waals surface area contributed by atoms with Crippen LogP contribution in [-0.4, -0.2) is 5.91 Å². The molecule has 0 bridgehead atoms. The monoisotopic (exact) mass is 319 g/mol. The molecule has 2 aromatic rings. The van der Waals surface area contributed by atoms with Gasteiger partial charge in [0.05, 0.1) is 5.02 Å². The van der Waals surface area contributed by atoms with Crippen LogP contribution in [-0.2, 0) is 16.8 Å². The van der Waals surface area contributed by atoms with Crippen LogP contribution in [0.5, 0.6) is 0 Å². The third kappa shape index (κ3) is 4.31. The number of amides is 1. The van der Waals surface area contributed by atoms with Crippen molar-refractivity contribution in [2.24, 2.45) is 0 Å². The normalized spacial score (nSPS) is 11.3. The van der Waals surface area contributed by atoms with E-state index >= 15 is 0 Å². The highest BCUT2D eigenvalue weighted by Crippen LogP contribution is 2.26. The van der Waals surface area contributed by atoms with E-state index < -0.39 is 5.82 Å². The molecule has 0 aromatic heterocycles. The Labute approximate surface area is 135 Å². The molecule has 0 aliphatic carbocycles. The molecule has 0 saturated heterocycles. The Morgan fingerprint density at radius 1 is 1.18 bits per heavy atom. The van der Waals surface area contributed by atoms with Gasteiger partial charge in [-0.15, -0.1) is 0 Å². The van der Waals surface area contributed by atoms with Crippen molar-refractivity contribution < 1.29 is 9.18 Å². The second kappa shape index (κ2) is 6.93. The van der Waals surface area contributed by atoms with E-state index in [4.69, 9.17) is 11.6 Å². The van der Waals surface area contributed by atoms with Crippen LogP contribution in [0.2, 0.25) is 5.02 Å². The van der Waals surface area contributed by atoms with Crippen molar-refractivity contribution in [3.8, 4) is 0 Å². The fourth-order valence-corrected chi connectivity index (χ4v) is 2.51. The molecule has 0 heterocycles. The third-order valence-corrected chi connectivity index (χ3v) is 3.92. The van der Waals surface area contributed by atoms with Gasteiger partial charge in [-0.1, -0.05) is 61.8 Å². The summed E-state index contributed by atoms with van der Waals surface area (Å²) < 4.78 is 13.1. The van der Waals surface area contributed by atoms with Gasteiger partial charge < -0.3 is 5.32 Å². The van der Waals surface area contributed by atoms with E-state index in [0.717, 1.165) is 11.1 Å². The zero-order chi connectivity index (χ0) is 16.2. The lowest BCUT2D eigenvalue weighted by Gasteiger charge is -2.24. The topological polar surface area (TPSA) is 29.1 Å². The lowest BCUT2D eigenvalue weighted by Crippen LogP contribution is -2.30. The molecule has 0 spiro atoms. The van der Waals surface area contributed by atoms with Gasteiger partial charge in [-0.3, -0.25) is 4.79 Å². The Kier molecular flexibility index (Phi) is 5.19. The number of carbonyl (C=O) groups excluding carboxylic acids is 1. The quantitative estimate of drug-likeness (QED) is 0.866. The molecule has 0 fully saturated rings. The Morgan fingerprint density at radius 2 is 1.86 bits per heavy atom. The van der Waals surface area contributed by atoms with Crippen molar-refractivity contribution in [1.29, 1.82) is 0 Å². The number of nitrogens with one attached hydrogen (secondary N) is 1. The first kappa shape index (κ1) is 16.5. The second-order valence-electron chi connectivity index (χ2n) is 5.95. The van der Waals surface area contributed by atoms with Crippen LogP contribution in [0.3, 0.4) is 0 Å². The van der Waals surface area contributed by atoms with Crippen LogP contribution in [0.15, 0.2) is 48.5 Å². The maximum Gasteiger partial charge on any atom is 0.221 e. The van der Waals surface area contributed by atoms with Gasteiger partial charge in [0.15, 0.2) is 0 Å². The summed E-state index contributed by atoms with van der Waals surface area (Å²) in [4.78, 5) is 12.1. The van der Waals surface area contributed by atoms with E-state index in [1.165, 1.54) is 12.1 Å². The Bertz CT molecular complexity index is 655. The standard InChI is InChI=1S/C18H19ClFNO/c1-18(2,14-6-4-3-5-7-14)11-17(22)21-12-13-8-9-16(20)15(19)10-13/h3-10H,11-12H2,1-2H3,(H,21,22). The maximum absolute atomic E-state index is 13.1. The van der Waals surface area contributed by atoms with Crippen molar-refractivity contribution in [2.45, 2.75) is 32.2 Å². The van der Waals surface area contributed by atoms with Crippen LogP contribution in [0.25, 0.3) is 0 Å². The zero-order valence-electron chi connectivity index (χ0n) is 12.7. The van der Waals surface area contributed by atoms with Crippen LogP contribution >= 0.6 is 11.6 Å². The van der Waals surface area contributed by atoms with Gasteiger partial charge in [-0.25, -0.2) is 4.39 Å². The molecule has 2 aromatic carbocycles. The van der Waals surface area contributed by atoms with E-state index in [0.29, 0.717) is 13.0 Å². The molecule has 0 radical (unpaired) electrons. The smallest absolute Gasteiger partial charge is 0.221 e. The lowest BCUT2D eigenvalue weighted by molar-refractivity contribution is -0.122. The molecule has 0 aliphatic heterocycles. The van der Waals surface area contributed by atoms with Gasteiger partial charge in [0, 0.05) is 13.0 Å². The molecule has 22 heavy (non-hydrogen) atoms. The first-order valence-electron chi connectivity index (χ1n) is 7.15. The zero-order valence-corrected chi connectivity index (χ0v) is 13.5. The summed E-state index contributed by atoms with van der Waals surface area (Å²) in [5, 5.41) is 2.92. The molecule has 0 saturated carbocycles. The van der Waals surface area contributed by atoms with E-state index in [1.54, 1.807) is 6.07 Å². The molecule has 1 amide bonds. The van der Waals surface area contributed by atoms with Crippen LogP contribution < -0.4 is 5.32 Å². The Morgan fingerprint density at radius 3 is 2.50 bits per heavy atom. The number of rotatable bonds is 5. The highest BCUT2D eigenvalue weighted by molar-refractivity contribution is 6.30. The number of carbonyl (C=O) groups is 1. The van der Waals surface area contributed by atoms with Gasteiger partial charge in [-0.2, -0.15) is 0 Å². The first-order chi connectivity index (χ1) is 10.4. The highest BCUT2D eigenvalue weighted by Gasteiger charge is 2.23. The van der Waals surface area contributed by atoms with Gasteiger partial charge in [-0.05, 0) is 28.7 Å². The van der Waals surface area contributed by atoms with Crippen LogP contribution in [0.4, 0.5) is 4.39 Å². The number of hydrogen-bond donors (Lipinski definition) is 1. The minimum atomic E-state index is -0.457. The summed E-state index contributed by atoms with van der Waals surface area (Å²) in [7, 11) is 0. The summed E-state index contributed by atoms with van der Waals surface area (Å²) in [6.07, 6.45) is 0.381. The summed E-state index contributed by atoms with van der Waals surface area (Å²) >= 11 is 5.73. The number of benzene rings is 2. The molecule has 0 aliphatic rings. The molecule has 1 N–H and O–H groups in total. The molecule has 0 unspecified atom stereocenters. The molecule has 2 rings (SSSR count). The number of halogens is 2. The van der Waals surface area contributed by atoms with Crippen molar-refractivity contribution in [3.05, 3.63) is 70.5 Å². The second-order valence-corrected chi connectivity index (χ2v) is 6.36. The molecule has 2 nitrogen and oxygen atoms in total. The Hall–Kier alpha value is -1.87. The van der Waals surface area contributed by atoms with Gasteiger partial charge in [0.1, 0.15) is 5.82 Å². The summed E-state index contributed by atoms with van der Waals surface area (Å²) in [5.74, 6) is -0.503. The minimum Gasteiger partial charge on any atom is -0.352 e. The van der Waals surface area contributed by atoms with E-state index in [9.17, 15) is 9.18 Å². The SMILES string of the molecule is CC(C)(CC(=O)NCc1ccc(F)c(Cl)c1)c1ccccc1. The lowest BCUT2D eigenvalue weighted by atomic mass is 9.81. The maximum atomic E-state index is 13.1.